The lowest BCUT2D eigenvalue weighted by Gasteiger charge is -2.34. The van der Waals surface area contributed by atoms with Crippen molar-refractivity contribution < 1.29 is 9.53 Å². The van der Waals surface area contributed by atoms with Crippen LogP contribution in [0.3, 0.4) is 0 Å². The van der Waals surface area contributed by atoms with E-state index in [4.69, 9.17) is 27.9 Å². The highest BCUT2D eigenvalue weighted by Gasteiger charge is 2.17. The number of nitrogens with zero attached hydrogens (tertiary/aromatic N) is 3. The normalized spacial score (nSPS) is 14.8. The molecule has 1 aromatic carbocycles. The van der Waals surface area contributed by atoms with Crippen molar-refractivity contribution in [3.05, 3.63) is 52.1 Å². The minimum absolute atomic E-state index is 0.113. The first-order valence-electron chi connectivity index (χ1n) is 9.32. The SMILES string of the molecule is CCN1CCN(c2cc(CNC(=O)COc3ccc(Cl)cc3Cl)ccn2)CC1. The van der Waals surface area contributed by atoms with Crippen LogP contribution in [-0.2, 0) is 11.3 Å². The third-order valence-corrected chi connectivity index (χ3v) is 5.23. The van der Waals surface area contributed by atoms with E-state index in [1.54, 1.807) is 24.4 Å². The Morgan fingerprint density at radius 2 is 1.96 bits per heavy atom. The predicted molar refractivity (Wildman–Crippen MR) is 112 cm³/mol. The lowest BCUT2D eigenvalue weighted by molar-refractivity contribution is -0.123. The van der Waals surface area contributed by atoms with Crippen LogP contribution in [0.4, 0.5) is 5.82 Å². The van der Waals surface area contributed by atoms with Crippen molar-refractivity contribution in [1.29, 1.82) is 0 Å². The second kappa shape index (κ2) is 9.96. The van der Waals surface area contributed by atoms with Gasteiger partial charge in [0.05, 0.1) is 5.02 Å². The monoisotopic (exact) mass is 422 g/mol. The second-order valence-corrected chi connectivity index (χ2v) is 7.43. The number of hydrogen-bond donors (Lipinski definition) is 1. The summed E-state index contributed by atoms with van der Waals surface area (Å²) in [4.78, 5) is 21.3. The van der Waals surface area contributed by atoms with E-state index in [0.29, 0.717) is 22.3 Å². The van der Waals surface area contributed by atoms with E-state index in [9.17, 15) is 4.79 Å². The molecular formula is C20H24Cl2N4O2. The molecule has 3 rings (SSSR count). The number of rotatable bonds is 7. The van der Waals surface area contributed by atoms with Crippen LogP contribution in [0.15, 0.2) is 36.5 Å². The van der Waals surface area contributed by atoms with Crippen LogP contribution in [0, 0.1) is 0 Å². The summed E-state index contributed by atoms with van der Waals surface area (Å²) in [6.07, 6.45) is 1.78. The van der Waals surface area contributed by atoms with E-state index in [1.807, 2.05) is 12.1 Å². The van der Waals surface area contributed by atoms with Crippen molar-refractivity contribution in [3.8, 4) is 5.75 Å². The van der Waals surface area contributed by atoms with Crippen LogP contribution in [0.5, 0.6) is 5.75 Å². The summed E-state index contributed by atoms with van der Waals surface area (Å²) in [5.74, 6) is 1.16. The largest absolute Gasteiger partial charge is 0.482 e. The summed E-state index contributed by atoms with van der Waals surface area (Å²) in [5, 5.41) is 3.76. The quantitative estimate of drug-likeness (QED) is 0.741. The number of halogens is 2. The highest BCUT2D eigenvalue weighted by Crippen LogP contribution is 2.27. The fraction of sp³-hybridized carbons (Fsp3) is 0.400. The second-order valence-electron chi connectivity index (χ2n) is 6.58. The molecule has 0 aliphatic carbocycles. The van der Waals surface area contributed by atoms with Gasteiger partial charge in [0.1, 0.15) is 11.6 Å². The smallest absolute Gasteiger partial charge is 0.258 e. The van der Waals surface area contributed by atoms with Gasteiger partial charge in [-0.2, -0.15) is 0 Å². The molecule has 1 fully saturated rings. The number of nitrogens with one attached hydrogen (secondary N) is 1. The molecule has 0 saturated carbocycles. The van der Waals surface area contributed by atoms with E-state index in [1.165, 1.54) is 0 Å². The van der Waals surface area contributed by atoms with Gasteiger partial charge in [-0.3, -0.25) is 4.79 Å². The number of carbonyl (C=O) groups is 1. The van der Waals surface area contributed by atoms with Crippen LogP contribution < -0.4 is 15.0 Å². The first-order valence-corrected chi connectivity index (χ1v) is 10.1. The van der Waals surface area contributed by atoms with Crippen molar-refractivity contribution in [2.24, 2.45) is 0 Å². The summed E-state index contributed by atoms with van der Waals surface area (Å²) < 4.78 is 5.45. The molecular weight excluding hydrogens is 399 g/mol. The zero-order chi connectivity index (χ0) is 19.9. The molecule has 150 valence electrons. The van der Waals surface area contributed by atoms with E-state index >= 15 is 0 Å². The van der Waals surface area contributed by atoms with Gasteiger partial charge in [-0.1, -0.05) is 30.1 Å². The fourth-order valence-corrected chi connectivity index (χ4v) is 3.49. The molecule has 8 heteroatoms. The van der Waals surface area contributed by atoms with Crippen LogP contribution in [0.2, 0.25) is 10.0 Å². The Morgan fingerprint density at radius 3 is 2.68 bits per heavy atom. The van der Waals surface area contributed by atoms with Gasteiger partial charge < -0.3 is 19.9 Å². The number of carbonyl (C=O) groups excluding carboxylic acids is 1. The standard InChI is InChI=1S/C20H24Cl2N4O2/c1-2-25-7-9-26(10-8-25)19-11-15(5-6-23-19)13-24-20(27)14-28-18-4-3-16(21)12-17(18)22/h3-6,11-12H,2,7-10,13-14H2,1H3,(H,24,27). The Balaban J connectivity index is 1.48. The molecule has 0 bridgehead atoms. The molecule has 1 saturated heterocycles. The van der Waals surface area contributed by atoms with E-state index in [2.05, 4.69) is 27.0 Å². The number of anilines is 1. The molecule has 1 aromatic heterocycles. The first-order chi connectivity index (χ1) is 13.5. The van der Waals surface area contributed by atoms with Crippen molar-refractivity contribution >= 4 is 34.9 Å². The third-order valence-electron chi connectivity index (χ3n) is 4.70. The molecule has 1 aliphatic rings. The maximum absolute atomic E-state index is 12.1. The lowest BCUT2D eigenvalue weighted by atomic mass is 10.2. The minimum atomic E-state index is -0.221. The number of benzene rings is 1. The van der Waals surface area contributed by atoms with Crippen LogP contribution in [0.25, 0.3) is 0 Å². The first kappa shape index (κ1) is 20.7. The van der Waals surface area contributed by atoms with Crippen molar-refractivity contribution in [3.63, 3.8) is 0 Å². The number of pyridine rings is 1. The molecule has 0 unspecified atom stereocenters. The number of aromatic nitrogens is 1. The third kappa shape index (κ3) is 5.74. The average Bonchev–Trinajstić information content (AvgIpc) is 2.72. The Kier molecular flexibility index (Phi) is 7.36. The number of amides is 1. The highest BCUT2D eigenvalue weighted by molar-refractivity contribution is 6.35. The van der Waals surface area contributed by atoms with Crippen LogP contribution in [-0.4, -0.2) is 55.1 Å². The summed E-state index contributed by atoms with van der Waals surface area (Å²) in [7, 11) is 0. The van der Waals surface area contributed by atoms with Gasteiger partial charge in [-0.05, 0) is 42.4 Å². The van der Waals surface area contributed by atoms with Gasteiger partial charge in [-0.25, -0.2) is 4.98 Å². The Labute approximate surface area is 175 Å². The van der Waals surface area contributed by atoms with Crippen molar-refractivity contribution in [1.82, 2.24) is 15.2 Å². The van der Waals surface area contributed by atoms with Gasteiger partial charge in [-0.15, -0.1) is 0 Å². The number of likely N-dealkylation sites (N-methyl/N-ethyl adjacent to an activating group) is 1. The highest BCUT2D eigenvalue weighted by atomic mass is 35.5. The Morgan fingerprint density at radius 1 is 1.18 bits per heavy atom. The zero-order valence-electron chi connectivity index (χ0n) is 15.8. The minimum Gasteiger partial charge on any atom is -0.482 e. The molecule has 0 spiro atoms. The molecule has 0 atom stereocenters. The van der Waals surface area contributed by atoms with E-state index < -0.39 is 0 Å². The van der Waals surface area contributed by atoms with Gasteiger partial charge in [0, 0.05) is 43.9 Å². The number of ether oxygens (including phenoxy) is 1. The number of hydrogen-bond acceptors (Lipinski definition) is 5. The lowest BCUT2D eigenvalue weighted by Crippen LogP contribution is -2.46. The van der Waals surface area contributed by atoms with Gasteiger partial charge >= 0.3 is 0 Å². The van der Waals surface area contributed by atoms with E-state index in [-0.39, 0.29) is 12.5 Å². The fourth-order valence-electron chi connectivity index (χ4n) is 3.02. The molecule has 1 amide bonds. The summed E-state index contributed by atoms with van der Waals surface area (Å²) in [6.45, 7) is 7.59. The predicted octanol–water partition coefficient (Wildman–Crippen LogP) is 3.23. The molecule has 1 N–H and O–H groups in total. The van der Waals surface area contributed by atoms with Gasteiger partial charge in [0.15, 0.2) is 6.61 Å². The van der Waals surface area contributed by atoms with Crippen LogP contribution >= 0.6 is 23.2 Å². The topological polar surface area (TPSA) is 57.7 Å². The zero-order valence-corrected chi connectivity index (χ0v) is 17.3. The summed E-state index contributed by atoms with van der Waals surface area (Å²) >= 11 is 11.9. The molecule has 28 heavy (non-hydrogen) atoms. The average molecular weight is 423 g/mol. The molecule has 2 heterocycles. The summed E-state index contributed by atoms with van der Waals surface area (Å²) in [5.41, 5.74) is 1.00. The van der Waals surface area contributed by atoms with Gasteiger partial charge in [0.2, 0.25) is 0 Å². The molecule has 0 radical (unpaired) electrons. The Hall–Kier alpha value is -2.02. The molecule has 6 nitrogen and oxygen atoms in total. The summed E-state index contributed by atoms with van der Waals surface area (Å²) in [6, 6.07) is 8.82. The van der Waals surface area contributed by atoms with Crippen molar-refractivity contribution in [2.75, 3.05) is 44.2 Å². The van der Waals surface area contributed by atoms with Crippen LogP contribution in [0.1, 0.15) is 12.5 Å². The van der Waals surface area contributed by atoms with E-state index in [0.717, 1.165) is 44.1 Å². The maximum Gasteiger partial charge on any atom is 0.258 e. The van der Waals surface area contributed by atoms with Crippen molar-refractivity contribution in [2.45, 2.75) is 13.5 Å². The van der Waals surface area contributed by atoms with Gasteiger partial charge in [0.25, 0.3) is 5.91 Å². The number of piperazine rings is 1. The maximum atomic E-state index is 12.1. The molecule has 1 aliphatic heterocycles. The molecule has 2 aromatic rings. The Bertz CT molecular complexity index is 811.